The van der Waals surface area contributed by atoms with Crippen molar-refractivity contribution in [1.29, 1.82) is 0 Å². The first-order chi connectivity index (χ1) is 13.0. The largest absolute Gasteiger partial charge is 0.423 e. The zero-order chi connectivity index (χ0) is 18.9. The second-order valence-electron chi connectivity index (χ2n) is 6.77. The molecule has 0 unspecified atom stereocenters. The molecule has 1 aliphatic rings. The van der Waals surface area contributed by atoms with Gasteiger partial charge in [0.05, 0.1) is 0 Å². The Morgan fingerprint density at radius 3 is 2.30 bits per heavy atom. The molecule has 0 N–H and O–H groups in total. The minimum absolute atomic E-state index is 0.0972. The Hall–Kier alpha value is -2.60. The van der Waals surface area contributed by atoms with Gasteiger partial charge in [0.1, 0.15) is 16.2 Å². The topological polar surface area (TPSA) is 73.6 Å². The van der Waals surface area contributed by atoms with Crippen LogP contribution in [0.25, 0.3) is 11.0 Å². The maximum atomic E-state index is 12.5. The Kier molecular flexibility index (Phi) is 4.74. The van der Waals surface area contributed by atoms with Crippen molar-refractivity contribution in [2.75, 3.05) is 0 Å². The molecule has 4 rings (SSSR count). The average Bonchev–Trinajstić information content (AvgIpc) is 2.63. The van der Waals surface area contributed by atoms with Gasteiger partial charge in [0.15, 0.2) is 0 Å². The van der Waals surface area contributed by atoms with Crippen LogP contribution >= 0.6 is 0 Å². The van der Waals surface area contributed by atoms with Crippen molar-refractivity contribution in [1.82, 2.24) is 0 Å². The second-order valence-corrected chi connectivity index (χ2v) is 8.32. The van der Waals surface area contributed by atoms with E-state index >= 15 is 0 Å². The van der Waals surface area contributed by atoms with Gasteiger partial charge >= 0.3 is 15.7 Å². The van der Waals surface area contributed by atoms with E-state index in [-0.39, 0.29) is 16.3 Å². The van der Waals surface area contributed by atoms with Crippen LogP contribution in [0.5, 0.6) is 5.75 Å². The molecule has 0 saturated heterocycles. The first kappa shape index (κ1) is 17.8. The molecule has 0 atom stereocenters. The predicted molar refractivity (Wildman–Crippen MR) is 103 cm³/mol. The minimum Gasteiger partial charge on any atom is -0.423 e. The molecule has 6 heteroatoms. The average molecular weight is 384 g/mol. The van der Waals surface area contributed by atoms with Gasteiger partial charge < -0.3 is 8.60 Å². The highest BCUT2D eigenvalue weighted by Gasteiger charge is 2.19. The Morgan fingerprint density at radius 1 is 0.852 bits per heavy atom. The molecule has 1 aliphatic carbocycles. The van der Waals surface area contributed by atoms with Gasteiger partial charge in [-0.15, -0.1) is 0 Å². The van der Waals surface area contributed by atoms with Gasteiger partial charge in [-0.25, -0.2) is 4.79 Å². The lowest BCUT2D eigenvalue weighted by Gasteiger charge is -2.15. The molecule has 0 amide bonds. The minimum atomic E-state index is -3.92. The number of benzene rings is 2. The highest BCUT2D eigenvalue weighted by molar-refractivity contribution is 7.87. The summed E-state index contributed by atoms with van der Waals surface area (Å²) < 4.78 is 35.8. The molecular formula is C21H20O5S. The number of aryl methyl sites for hydroxylation is 1. The summed E-state index contributed by atoms with van der Waals surface area (Å²) >= 11 is 0. The fourth-order valence-corrected chi connectivity index (χ4v) is 4.53. The van der Waals surface area contributed by atoms with Crippen LogP contribution in [0.4, 0.5) is 0 Å². The van der Waals surface area contributed by atoms with Gasteiger partial charge in [-0.2, -0.15) is 8.42 Å². The Labute approximate surface area is 157 Å². The number of hydrogen-bond donors (Lipinski definition) is 0. The molecule has 0 saturated carbocycles. The van der Waals surface area contributed by atoms with Crippen LogP contribution in [0, 0.1) is 0 Å². The van der Waals surface area contributed by atoms with Crippen molar-refractivity contribution in [3.63, 3.8) is 0 Å². The zero-order valence-corrected chi connectivity index (χ0v) is 15.6. The summed E-state index contributed by atoms with van der Waals surface area (Å²) in [5, 5.41) is 0.757. The van der Waals surface area contributed by atoms with Crippen LogP contribution in [-0.2, 0) is 23.0 Å². The zero-order valence-electron chi connectivity index (χ0n) is 14.8. The van der Waals surface area contributed by atoms with Crippen LogP contribution in [0.15, 0.2) is 62.6 Å². The third-order valence-corrected chi connectivity index (χ3v) is 6.19. The van der Waals surface area contributed by atoms with E-state index in [1.54, 1.807) is 30.3 Å². The number of fused-ring (bicyclic) bond motifs is 3. The van der Waals surface area contributed by atoms with Gasteiger partial charge in [-0.1, -0.05) is 31.0 Å². The quantitative estimate of drug-likeness (QED) is 0.499. The predicted octanol–water partition coefficient (Wildman–Crippen LogP) is 4.22. The van der Waals surface area contributed by atoms with Gasteiger partial charge in [-0.3, -0.25) is 0 Å². The fraction of sp³-hybridized carbons (Fsp3) is 0.286. The summed E-state index contributed by atoms with van der Waals surface area (Å²) in [5.74, 6) is 0.212. The lowest BCUT2D eigenvalue weighted by atomic mass is 9.92. The van der Waals surface area contributed by atoms with Crippen molar-refractivity contribution < 1.29 is 17.0 Å². The van der Waals surface area contributed by atoms with Gasteiger partial charge in [-0.05, 0) is 61.6 Å². The molecule has 0 radical (unpaired) electrons. The molecule has 0 bridgehead atoms. The summed E-state index contributed by atoms with van der Waals surface area (Å²) in [4.78, 5) is 12.4. The highest BCUT2D eigenvalue weighted by atomic mass is 32.2. The van der Waals surface area contributed by atoms with Crippen molar-refractivity contribution in [3.05, 3.63) is 70.1 Å². The third kappa shape index (κ3) is 3.62. The molecule has 27 heavy (non-hydrogen) atoms. The van der Waals surface area contributed by atoms with Crippen molar-refractivity contribution in [2.24, 2.45) is 0 Å². The van der Waals surface area contributed by atoms with E-state index in [1.807, 2.05) is 0 Å². The number of rotatable bonds is 3. The van der Waals surface area contributed by atoms with Crippen LogP contribution in [0.2, 0.25) is 0 Å². The standard InChI is InChI=1S/C21H20O5S/c22-21-18-11-7-2-1-6-10-17(18)19-14-15(12-13-20(19)25-21)26-27(23,24)16-8-4-3-5-9-16/h3-5,8-9,12-14H,1-2,6-7,10-11H2. The van der Waals surface area contributed by atoms with Crippen molar-refractivity contribution in [2.45, 2.75) is 43.4 Å². The molecule has 1 aromatic heterocycles. The van der Waals surface area contributed by atoms with Crippen molar-refractivity contribution in [3.8, 4) is 5.75 Å². The van der Waals surface area contributed by atoms with E-state index in [1.165, 1.54) is 18.2 Å². The maximum absolute atomic E-state index is 12.5. The summed E-state index contributed by atoms with van der Waals surface area (Å²) in [7, 11) is -3.92. The molecule has 1 heterocycles. The van der Waals surface area contributed by atoms with E-state index in [2.05, 4.69) is 0 Å². The van der Waals surface area contributed by atoms with E-state index in [4.69, 9.17) is 8.60 Å². The monoisotopic (exact) mass is 384 g/mol. The van der Waals surface area contributed by atoms with E-state index in [9.17, 15) is 13.2 Å². The first-order valence-corrected chi connectivity index (χ1v) is 10.5. The van der Waals surface area contributed by atoms with Gasteiger partial charge in [0, 0.05) is 10.9 Å². The number of hydrogen-bond acceptors (Lipinski definition) is 5. The molecule has 5 nitrogen and oxygen atoms in total. The Bertz CT molecular complexity index is 1130. The second kappa shape index (κ2) is 7.19. The van der Waals surface area contributed by atoms with Crippen LogP contribution in [-0.4, -0.2) is 8.42 Å². The molecular weight excluding hydrogens is 364 g/mol. The van der Waals surface area contributed by atoms with Crippen LogP contribution in [0.1, 0.15) is 36.8 Å². The summed E-state index contributed by atoms with van der Waals surface area (Å²) in [5.41, 5.74) is 1.85. The molecule has 0 aliphatic heterocycles. The summed E-state index contributed by atoms with van der Waals surface area (Å²) in [6.07, 6.45) is 5.67. The highest BCUT2D eigenvalue weighted by Crippen LogP contribution is 2.29. The normalized spacial score (nSPS) is 15.0. The van der Waals surface area contributed by atoms with Crippen LogP contribution in [0.3, 0.4) is 0 Å². The summed E-state index contributed by atoms with van der Waals surface area (Å²) in [6, 6.07) is 12.8. The Morgan fingerprint density at radius 2 is 1.56 bits per heavy atom. The molecule has 0 spiro atoms. The molecule has 3 aromatic rings. The smallest absolute Gasteiger partial charge is 0.339 e. The first-order valence-electron chi connectivity index (χ1n) is 9.13. The van der Waals surface area contributed by atoms with Gasteiger partial charge in [0.2, 0.25) is 0 Å². The molecule has 140 valence electrons. The van der Waals surface area contributed by atoms with Gasteiger partial charge in [0.25, 0.3) is 0 Å². The van der Waals surface area contributed by atoms with Crippen molar-refractivity contribution >= 4 is 21.1 Å². The maximum Gasteiger partial charge on any atom is 0.339 e. The SMILES string of the molecule is O=c1oc2ccc(OS(=O)(=O)c3ccccc3)cc2c2c1CCCCCC2. The third-order valence-electron chi connectivity index (χ3n) is 4.93. The summed E-state index contributed by atoms with van der Waals surface area (Å²) in [6.45, 7) is 0. The molecule has 0 fully saturated rings. The Balaban J connectivity index is 1.79. The fourth-order valence-electron chi connectivity index (χ4n) is 3.59. The lowest BCUT2D eigenvalue weighted by molar-refractivity contribution is 0.485. The van der Waals surface area contributed by atoms with E-state index < -0.39 is 10.1 Å². The molecule has 2 aromatic carbocycles. The van der Waals surface area contributed by atoms with E-state index in [0.717, 1.165) is 43.1 Å². The lowest BCUT2D eigenvalue weighted by Crippen LogP contribution is -2.14. The van der Waals surface area contributed by atoms with E-state index in [0.29, 0.717) is 17.6 Å². The van der Waals surface area contributed by atoms with Crippen LogP contribution < -0.4 is 9.81 Å².